The van der Waals surface area contributed by atoms with Crippen LogP contribution in [0.15, 0.2) is 146 Å². The quantitative estimate of drug-likeness (QED) is 0.0797. The average molecular weight is 907 g/mol. The van der Waals surface area contributed by atoms with Crippen molar-refractivity contribution in [3.8, 4) is 69.0 Å². The van der Waals surface area contributed by atoms with Gasteiger partial charge >= 0.3 is 0 Å². The zero-order valence-electron chi connectivity index (χ0n) is 35.8. The maximum atomic E-state index is 12.6. The number of benzene rings is 8. The van der Waals surface area contributed by atoms with E-state index in [2.05, 4.69) is 0 Å². The number of rotatable bonds is 4. The van der Waals surface area contributed by atoms with E-state index in [9.17, 15) is 51.1 Å². The molecule has 0 amide bonds. The highest BCUT2D eigenvalue weighted by atomic mass is 16.5. The van der Waals surface area contributed by atoms with Crippen LogP contribution in [0.4, 0.5) is 0 Å². The van der Waals surface area contributed by atoms with E-state index in [1.807, 2.05) is 0 Å². The monoisotopic (exact) mass is 906 g/mol. The van der Waals surface area contributed by atoms with Crippen molar-refractivity contribution >= 4 is 0 Å². The molecule has 2 aliphatic heterocycles. The highest BCUT2D eigenvalue weighted by Crippen LogP contribution is 2.69. The summed E-state index contributed by atoms with van der Waals surface area (Å²) in [6, 6.07) is 38.3. The molecule has 2 aliphatic carbocycles. The Kier molecular flexibility index (Phi) is 8.97. The molecule has 0 bridgehead atoms. The number of ether oxygens (including phenoxy) is 2. The number of phenols is 10. The van der Waals surface area contributed by atoms with E-state index in [4.69, 9.17) is 9.47 Å². The van der Waals surface area contributed by atoms with Gasteiger partial charge in [-0.25, -0.2) is 0 Å². The molecule has 1 unspecified atom stereocenters. The molecule has 0 aromatic heterocycles. The van der Waals surface area contributed by atoms with Gasteiger partial charge in [-0.1, -0.05) is 48.5 Å². The summed E-state index contributed by atoms with van der Waals surface area (Å²) in [5, 5.41) is 115. The Bertz CT molecular complexity index is 3110. The molecule has 0 spiro atoms. The molecule has 4 aliphatic rings. The third-order valence-corrected chi connectivity index (χ3v) is 14.5. The van der Waals surface area contributed by atoms with Crippen molar-refractivity contribution in [1.82, 2.24) is 0 Å². The normalized spacial score (nSPS) is 22.6. The van der Waals surface area contributed by atoms with Gasteiger partial charge in [0.25, 0.3) is 0 Å². The highest BCUT2D eigenvalue weighted by Gasteiger charge is 2.55. The Balaban J connectivity index is 1.29. The van der Waals surface area contributed by atoms with Gasteiger partial charge in [0.1, 0.15) is 81.2 Å². The van der Waals surface area contributed by atoms with Crippen LogP contribution in [0.25, 0.3) is 0 Å². The van der Waals surface area contributed by atoms with Crippen LogP contribution < -0.4 is 9.47 Å². The van der Waals surface area contributed by atoms with Crippen molar-refractivity contribution in [1.29, 1.82) is 0 Å². The molecule has 0 fully saturated rings. The van der Waals surface area contributed by atoms with Crippen LogP contribution >= 0.6 is 0 Å². The summed E-state index contributed by atoms with van der Waals surface area (Å²) >= 11 is 0. The fraction of sp³-hybridized carbons (Fsp3) is 0.143. The molecule has 8 aromatic rings. The van der Waals surface area contributed by atoms with Gasteiger partial charge in [0.15, 0.2) is 0 Å². The SMILES string of the molecule is Oc1ccc([C@@H]2c3c(O)cc(O)cc3[C@H]3c4c(cc(O)cc4[C@@H]4C2c2cc(O)cc5c2[C@@H](c2cc(O)cc(O)c2[C@@H]4c2ccc(O)cc2)[C@H](c2ccc(O)cc2)O5)O[C@@H]3c2ccc(O)cc2)cc1. The standard InChI is InChI=1S/C56H42O12/c57-29-9-1-25(2-10-29)45-47-37(17-33(61)21-41(47)65)53-50-40(20-36(64)24-44(50)68-55(53)27-5-13-31(59)14-6-27)52-46(26-3-11-30(58)12-4-26)48-38(18-34(62)22-42(48)66)54-49-39(51(45)52)19-35(63)23-43(49)67-56(54)28-7-15-32(60)16-8-28/h1-24,45-46,51-66H/t45-,46+,51-,52?,53+,54-,55-,56+/m0/s1. The second-order valence-electron chi connectivity index (χ2n) is 18.2. The van der Waals surface area contributed by atoms with Crippen LogP contribution in [0.2, 0.25) is 0 Å². The molecule has 0 saturated heterocycles. The molecule has 338 valence electrons. The molecular weight excluding hydrogens is 865 g/mol. The lowest BCUT2D eigenvalue weighted by Crippen LogP contribution is -2.33. The fourth-order valence-corrected chi connectivity index (χ4v) is 12.0. The van der Waals surface area contributed by atoms with Crippen molar-refractivity contribution in [2.75, 3.05) is 0 Å². The predicted molar refractivity (Wildman–Crippen MR) is 248 cm³/mol. The lowest BCUT2D eigenvalue weighted by molar-refractivity contribution is 0.219. The number of phenolic OH excluding ortho intramolecular Hbond substituents is 10. The van der Waals surface area contributed by atoms with Crippen LogP contribution in [0, 0.1) is 0 Å². The van der Waals surface area contributed by atoms with E-state index < -0.39 is 47.7 Å². The minimum atomic E-state index is -0.934. The number of aromatic hydroxyl groups is 10. The molecule has 10 N–H and O–H groups in total. The van der Waals surface area contributed by atoms with Crippen molar-refractivity contribution in [2.24, 2.45) is 0 Å². The number of fused-ring (bicyclic) bond motifs is 7. The lowest BCUT2D eigenvalue weighted by atomic mass is 9.55. The van der Waals surface area contributed by atoms with Gasteiger partial charge in [-0.2, -0.15) is 0 Å². The van der Waals surface area contributed by atoms with Crippen molar-refractivity contribution in [3.63, 3.8) is 0 Å². The van der Waals surface area contributed by atoms with Crippen LogP contribution in [-0.4, -0.2) is 51.1 Å². The Morgan fingerprint density at radius 1 is 0.265 bits per heavy atom. The number of hydrogen-bond acceptors (Lipinski definition) is 12. The molecule has 0 saturated carbocycles. The van der Waals surface area contributed by atoms with Gasteiger partial charge in [0.2, 0.25) is 0 Å². The molecule has 2 heterocycles. The van der Waals surface area contributed by atoms with Crippen molar-refractivity contribution in [2.45, 2.75) is 47.7 Å². The smallest absolute Gasteiger partial charge is 0.135 e. The molecular formula is C56H42O12. The summed E-state index contributed by atoms with van der Waals surface area (Å²) in [6.45, 7) is 0. The largest absolute Gasteiger partial charge is 0.508 e. The summed E-state index contributed by atoms with van der Waals surface area (Å²) in [5.74, 6) is -6.01. The minimum Gasteiger partial charge on any atom is -0.508 e. The maximum absolute atomic E-state index is 12.6. The fourth-order valence-electron chi connectivity index (χ4n) is 12.0. The zero-order valence-corrected chi connectivity index (χ0v) is 35.8. The van der Waals surface area contributed by atoms with Gasteiger partial charge in [-0.3, -0.25) is 0 Å². The molecule has 8 aromatic carbocycles. The summed E-state index contributed by atoms with van der Waals surface area (Å²) in [4.78, 5) is 0. The second kappa shape index (κ2) is 14.9. The van der Waals surface area contributed by atoms with Crippen molar-refractivity contribution in [3.05, 3.63) is 212 Å². The minimum absolute atomic E-state index is 0.0236. The van der Waals surface area contributed by atoms with Crippen LogP contribution in [0.3, 0.4) is 0 Å². The summed E-state index contributed by atoms with van der Waals surface area (Å²) in [7, 11) is 0. The van der Waals surface area contributed by atoms with Crippen LogP contribution in [0.1, 0.15) is 114 Å². The lowest BCUT2D eigenvalue weighted by Gasteiger charge is -2.46. The van der Waals surface area contributed by atoms with E-state index in [1.165, 1.54) is 48.5 Å². The Morgan fingerprint density at radius 3 is 0.897 bits per heavy atom. The Morgan fingerprint density at radius 2 is 0.559 bits per heavy atom. The molecule has 8 atom stereocenters. The molecule has 68 heavy (non-hydrogen) atoms. The van der Waals surface area contributed by atoms with Gasteiger partial charge in [0.05, 0.1) is 11.8 Å². The summed E-state index contributed by atoms with van der Waals surface area (Å²) < 4.78 is 13.8. The predicted octanol–water partition coefficient (Wildman–Crippen LogP) is 10.4. The third kappa shape index (κ3) is 6.20. The zero-order chi connectivity index (χ0) is 46.9. The van der Waals surface area contributed by atoms with E-state index in [1.54, 1.807) is 97.1 Å². The topological polar surface area (TPSA) is 221 Å². The van der Waals surface area contributed by atoms with Crippen LogP contribution in [0.5, 0.6) is 69.0 Å². The second-order valence-corrected chi connectivity index (χ2v) is 18.2. The van der Waals surface area contributed by atoms with Gasteiger partial charge in [0, 0.05) is 70.2 Å². The van der Waals surface area contributed by atoms with Crippen LogP contribution in [-0.2, 0) is 0 Å². The van der Waals surface area contributed by atoms with Gasteiger partial charge < -0.3 is 60.5 Å². The van der Waals surface area contributed by atoms with E-state index in [0.717, 1.165) is 0 Å². The first kappa shape index (κ1) is 40.8. The van der Waals surface area contributed by atoms with Gasteiger partial charge in [-0.15, -0.1) is 0 Å². The molecule has 0 radical (unpaired) electrons. The number of hydrogen-bond donors (Lipinski definition) is 10. The maximum Gasteiger partial charge on any atom is 0.135 e. The van der Waals surface area contributed by atoms with E-state index >= 15 is 0 Å². The van der Waals surface area contributed by atoms with Gasteiger partial charge in [-0.05, 0) is 117 Å². The highest BCUT2D eigenvalue weighted by molar-refractivity contribution is 5.71. The van der Waals surface area contributed by atoms with E-state index in [0.29, 0.717) is 78.3 Å². The average Bonchev–Trinajstić information content (AvgIpc) is 3.87. The van der Waals surface area contributed by atoms with Crippen molar-refractivity contribution < 1.29 is 60.5 Å². The summed E-state index contributed by atoms with van der Waals surface area (Å²) in [6.07, 6.45) is -1.70. The first-order chi connectivity index (χ1) is 32.8. The molecule has 12 heteroatoms. The summed E-state index contributed by atoms with van der Waals surface area (Å²) in [5.41, 5.74) is 6.51. The Labute approximate surface area is 388 Å². The molecule has 12 nitrogen and oxygen atoms in total. The van der Waals surface area contributed by atoms with E-state index in [-0.39, 0.29) is 57.5 Å². The molecule has 12 rings (SSSR count). The Hall–Kier alpha value is -8.64. The first-order valence-corrected chi connectivity index (χ1v) is 22.2. The first-order valence-electron chi connectivity index (χ1n) is 22.2. The third-order valence-electron chi connectivity index (χ3n) is 14.5.